The van der Waals surface area contributed by atoms with Gasteiger partial charge in [-0.25, -0.2) is 9.80 Å². The maximum absolute atomic E-state index is 14.1. The summed E-state index contributed by atoms with van der Waals surface area (Å²) in [7, 11) is 0. The molecule has 0 saturated carbocycles. The van der Waals surface area contributed by atoms with E-state index in [-0.39, 0.29) is 34.5 Å². The molecule has 0 atom stereocenters. The zero-order valence-electron chi connectivity index (χ0n) is 28.8. The normalized spacial score (nSPS) is 15.1. The van der Waals surface area contributed by atoms with E-state index in [1.165, 1.54) is 9.80 Å². The van der Waals surface area contributed by atoms with Crippen molar-refractivity contribution >= 4 is 78.1 Å². The first-order valence-electron chi connectivity index (χ1n) is 16.9. The van der Waals surface area contributed by atoms with Crippen molar-refractivity contribution in [2.24, 2.45) is 0 Å². The number of imide groups is 2. The molecule has 0 unspecified atom stereocenters. The Morgan fingerprint density at radius 1 is 0.340 bits per heavy atom. The maximum Gasteiger partial charge on any atom is 0.265 e. The minimum absolute atomic E-state index is 0.0647. The molecule has 244 valence electrons. The summed E-state index contributed by atoms with van der Waals surface area (Å²) in [4.78, 5) is 59.0. The van der Waals surface area contributed by atoms with Gasteiger partial charge >= 0.3 is 0 Å². The number of fused-ring (bicyclic) bond motifs is 2. The van der Waals surface area contributed by atoms with Crippen LogP contribution in [-0.2, 0) is 10.8 Å². The summed E-state index contributed by atoms with van der Waals surface area (Å²) in [5.41, 5.74) is 5.02. The Morgan fingerprint density at radius 2 is 0.600 bits per heavy atom. The molecule has 0 aliphatic carbocycles. The molecule has 6 heteroatoms. The van der Waals surface area contributed by atoms with E-state index in [2.05, 4.69) is 41.5 Å². The molecular formula is C44H34N2O4. The highest BCUT2D eigenvalue weighted by molar-refractivity contribution is 6.45. The van der Waals surface area contributed by atoms with Gasteiger partial charge in [0.25, 0.3) is 23.6 Å². The topological polar surface area (TPSA) is 74.8 Å². The number of carbonyl (C=O) groups excluding carboxylic acids is 4. The van der Waals surface area contributed by atoms with Crippen molar-refractivity contribution in [3.8, 4) is 0 Å². The predicted octanol–water partition coefficient (Wildman–Crippen LogP) is 9.93. The highest BCUT2D eigenvalue weighted by Gasteiger charge is 2.38. The maximum atomic E-state index is 14.1. The smallest absolute Gasteiger partial charge is 0.265 e. The number of carbonyl (C=O) groups is 4. The van der Waals surface area contributed by atoms with Crippen molar-refractivity contribution in [3.63, 3.8) is 0 Å². The number of hydrogen-bond acceptors (Lipinski definition) is 4. The SMILES string of the molecule is CC(C)(C)c1ccc(N2C(=O)c3ccc4c5ccc6c7c(ccc(c8ccc(c3c48)C2=O)c75)C(=O)N(c2ccc(C(C)(C)C)cc2)C6=O)cc1. The Hall–Kier alpha value is -5.88. The molecule has 0 saturated heterocycles. The first kappa shape index (κ1) is 30.2. The molecule has 9 rings (SSSR count). The molecule has 2 aliphatic heterocycles. The zero-order chi connectivity index (χ0) is 35.0. The second-order valence-electron chi connectivity index (χ2n) is 15.6. The van der Waals surface area contributed by atoms with E-state index < -0.39 is 0 Å². The van der Waals surface area contributed by atoms with Crippen LogP contribution in [0.4, 0.5) is 11.4 Å². The van der Waals surface area contributed by atoms with Crippen LogP contribution in [0.15, 0.2) is 97.1 Å². The van der Waals surface area contributed by atoms with Gasteiger partial charge in [0.2, 0.25) is 0 Å². The van der Waals surface area contributed by atoms with Crippen LogP contribution < -0.4 is 9.80 Å². The molecule has 7 aromatic rings. The first-order chi connectivity index (χ1) is 23.8. The summed E-state index contributed by atoms with van der Waals surface area (Å²) in [6.07, 6.45) is 0. The van der Waals surface area contributed by atoms with Crippen LogP contribution in [0.25, 0.3) is 43.1 Å². The third kappa shape index (κ3) is 3.96. The minimum Gasteiger partial charge on any atom is -0.268 e. The number of rotatable bonds is 2. The predicted molar refractivity (Wildman–Crippen MR) is 200 cm³/mol. The van der Waals surface area contributed by atoms with Crippen molar-refractivity contribution in [1.82, 2.24) is 0 Å². The largest absolute Gasteiger partial charge is 0.268 e. The van der Waals surface area contributed by atoms with Crippen molar-refractivity contribution in [1.29, 1.82) is 0 Å². The molecule has 4 amide bonds. The molecule has 2 aliphatic rings. The van der Waals surface area contributed by atoms with Crippen molar-refractivity contribution in [2.75, 3.05) is 9.80 Å². The lowest BCUT2D eigenvalue weighted by Gasteiger charge is -2.30. The van der Waals surface area contributed by atoms with Crippen LogP contribution in [-0.4, -0.2) is 23.6 Å². The van der Waals surface area contributed by atoms with E-state index in [1.807, 2.05) is 72.8 Å². The van der Waals surface area contributed by atoms with Crippen molar-refractivity contribution in [2.45, 2.75) is 52.4 Å². The first-order valence-corrected chi connectivity index (χ1v) is 16.9. The van der Waals surface area contributed by atoms with Gasteiger partial charge in [-0.3, -0.25) is 19.2 Å². The summed E-state index contributed by atoms with van der Waals surface area (Å²) in [5, 5.41) is 6.37. The van der Waals surface area contributed by atoms with Gasteiger partial charge in [0.05, 0.1) is 11.4 Å². The lowest BCUT2D eigenvalue weighted by atomic mass is 9.82. The summed E-state index contributed by atoms with van der Waals surface area (Å²) < 4.78 is 0. The quantitative estimate of drug-likeness (QED) is 0.106. The molecule has 50 heavy (non-hydrogen) atoms. The third-order valence-electron chi connectivity index (χ3n) is 10.6. The molecular weight excluding hydrogens is 620 g/mol. The van der Waals surface area contributed by atoms with Crippen LogP contribution in [0.5, 0.6) is 0 Å². The molecule has 0 bridgehead atoms. The fraction of sp³-hybridized carbons (Fsp3) is 0.182. The highest BCUT2D eigenvalue weighted by atomic mass is 16.2. The Labute approximate surface area is 289 Å². The van der Waals surface area contributed by atoms with Gasteiger partial charge in [-0.1, -0.05) is 90.1 Å². The molecule has 0 aromatic heterocycles. The van der Waals surface area contributed by atoms with E-state index in [0.29, 0.717) is 44.4 Å². The zero-order valence-corrected chi connectivity index (χ0v) is 28.8. The summed E-state index contributed by atoms with van der Waals surface area (Å²) in [6, 6.07) is 30.2. The van der Waals surface area contributed by atoms with E-state index in [4.69, 9.17) is 0 Å². The molecule has 0 radical (unpaired) electrons. The Morgan fingerprint density at radius 3 is 0.840 bits per heavy atom. The Bertz CT molecular complexity index is 2370. The highest BCUT2D eigenvalue weighted by Crippen LogP contribution is 2.47. The van der Waals surface area contributed by atoms with E-state index in [0.717, 1.165) is 43.4 Å². The van der Waals surface area contributed by atoms with Gasteiger partial charge in [0, 0.05) is 33.0 Å². The van der Waals surface area contributed by atoms with Crippen molar-refractivity contribution < 1.29 is 19.2 Å². The molecule has 7 aromatic carbocycles. The van der Waals surface area contributed by atoms with E-state index >= 15 is 0 Å². The molecule has 0 N–H and O–H groups in total. The summed E-state index contributed by atoms with van der Waals surface area (Å²) in [5.74, 6) is -1.45. The van der Waals surface area contributed by atoms with Gasteiger partial charge in [-0.15, -0.1) is 0 Å². The molecule has 2 heterocycles. The van der Waals surface area contributed by atoms with Gasteiger partial charge in [-0.05, 0) is 103 Å². The van der Waals surface area contributed by atoms with Crippen LogP contribution >= 0.6 is 0 Å². The molecule has 0 spiro atoms. The van der Waals surface area contributed by atoms with Crippen molar-refractivity contribution in [3.05, 3.63) is 130 Å². The third-order valence-corrected chi connectivity index (χ3v) is 10.6. The number of anilines is 2. The average Bonchev–Trinajstić information content (AvgIpc) is 3.08. The number of amides is 4. The molecule has 6 nitrogen and oxygen atoms in total. The monoisotopic (exact) mass is 654 g/mol. The standard InChI is InChI=1S/C44H34N2O4/c1-43(2,3)23-7-11-25(12-8-23)45-39(47)31-19-15-27-29-17-21-33-38-34(42(50)46(41(33)49)26-13-9-24(10-14-26)44(4,5)6)22-18-30(36(29)38)28-16-20-32(40(45)48)37(31)35(27)28/h7-22H,1-6H3. The lowest BCUT2D eigenvalue weighted by Crippen LogP contribution is -2.40. The summed E-state index contributed by atoms with van der Waals surface area (Å²) >= 11 is 0. The lowest BCUT2D eigenvalue weighted by molar-refractivity contribution is 0.0877. The Kier molecular flexibility index (Phi) is 5.95. The number of hydrogen-bond donors (Lipinski definition) is 0. The summed E-state index contributed by atoms with van der Waals surface area (Å²) in [6.45, 7) is 12.7. The van der Waals surface area contributed by atoms with Crippen LogP contribution in [0.3, 0.4) is 0 Å². The van der Waals surface area contributed by atoms with Crippen LogP contribution in [0, 0.1) is 0 Å². The van der Waals surface area contributed by atoms with Crippen LogP contribution in [0.1, 0.15) is 94.1 Å². The Balaban J connectivity index is 1.22. The van der Waals surface area contributed by atoms with E-state index in [1.54, 1.807) is 24.3 Å². The fourth-order valence-corrected chi connectivity index (χ4v) is 7.96. The van der Waals surface area contributed by atoms with Gasteiger partial charge in [0.1, 0.15) is 0 Å². The van der Waals surface area contributed by atoms with Gasteiger partial charge in [0.15, 0.2) is 0 Å². The second kappa shape index (κ2) is 9.85. The van der Waals surface area contributed by atoms with E-state index in [9.17, 15) is 19.2 Å². The van der Waals surface area contributed by atoms with Gasteiger partial charge in [-0.2, -0.15) is 0 Å². The van der Waals surface area contributed by atoms with Crippen LogP contribution in [0.2, 0.25) is 0 Å². The number of nitrogens with zero attached hydrogens (tertiary/aromatic N) is 2. The molecule has 0 fully saturated rings. The minimum atomic E-state index is -0.363. The second-order valence-corrected chi connectivity index (χ2v) is 15.6. The fourth-order valence-electron chi connectivity index (χ4n) is 7.96. The van der Waals surface area contributed by atoms with Gasteiger partial charge < -0.3 is 0 Å². The number of benzene rings is 7. The average molecular weight is 655 g/mol.